The first-order chi connectivity index (χ1) is 11.6. The van der Waals surface area contributed by atoms with Crippen LogP contribution in [0.1, 0.15) is 0 Å². The highest BCUT2D eigenvalue weighted by atomic mass is 35.5. The van der Waals surface area contributed by atoms with Crippen molar-refractivity contribution in [3.05, 3.63) is 35.6 Å². The lowest BCUT2D eigenvalue weighted by Crippen LogP contribution is -2.52. The number of hydrogen-bond donors (Lipinski definition) is 3. The van der Waals surface area contributed by atoms with Crippen molar-refractivity contribution >= 4 is 45.1 Å². The summed E-state index contributed by atoms with van der Waals surface area (Å²) in [6.45, 7) is 1.41. The first kappa shape index (κ1) is 16.5. The highest BCUT2D eigenvalue weighted by Crippen LogP contribution is 2.30. The van der Waals surface area contributed by atoms with Gasteiger partial charge in [-0.25, -0.2) is 4.98 Å². The van der Waals surface area contributed by atoms with E-state index in [1.54, 1.807) is 6.07 Å². The lowest BCUT2D eigenvalue weighted by atomic mass is 10.2. The number of carbonyl (C=O) groups excluding carboxylic acids is 1. The largest absolute Gasteiger partial charge is 0.548 e. The Labute approximate surface area is 142 Å². The number of pyridine rings is 1. The molecule has 2 aromatic heterocycles. The number of nitrogens with one attached hydrogen (secondary N) is 3. The zero-order valence-corrected chi connectivity index (χ0v) is 13.5. The normalized spacial score (nSPS) is 17.5. The molecule has 0 aliphatic carbocycles. The minimum Gasteiger partial charge on any atom is -0.548 e. The van der Waals surface area contributed by atoms with E-state index in [4.69, 9.17) is 22.1 Å². The van der Waals surface area contributed by atoms with Gasteiger partial charge in [-0.3, -0.25) is 0 Å². The molecule has 0 bridgehead atoms. The van der Waals surface area contributed by atoms with Gasteiger partial charge in [0.2, 0.25) is 0 Å². The van der Waals surface area contributed by atoms with Crippen molar-refractivity contribution in [1.29, 1.82) is 0 Å². The lowest BCUT2D eigenvalue weighted by Gasteiger charge is -2.23. The highest BCUT2D eigenvalue weighted by Gasteiger charge is 2.12. The molecule has 0 radical (unpaired) electrons. The van der Waals surface area contributed by atoms with Gasteiger partial charge in [0.15, 0.2) is 12.4 Å². The van der Waals surface area contributed by atoms with Crippen LogP contribution in [0, 0.1) is 0 Å². The molecule has 4 rings (SSSR count). The van der Waals surface area contributed by atoms with E-state index in [9.17, 15) is 9.90 Å². The molecule has 1 aliphatic rings. The van der Waals surface area contributed by atoms with Crippen molar-refractivity contribution in [3.8, 4) is 0 Å². The maximum Gasteiger partial charge on any atom is 0.191 e. The van der Waals surface area contributed by atoms with Crippen molar-refractivity contribution in [3.63, 3.8) is 0 Å². The summed E-state index contributed by atoms with van der Waals surface area (Å²) in [4.78, 5) is 16.4. The maximum absolute atomic E-state index is 10.1. The number of H-pyrrole nitrogens is 2. The van der Waals surface area contributed by atoms with Crippen LogP contribution in [0.3, 0.4) is 0 Å². The fraction of sp³-hybridized carbons (Fsp3) is 0.250. The molecule has 8 heteroatoms. The first-order valence-corrected chi connectivity index (χ1v) is 7.82. The van der Waals surface area contributed by atoms with E-state index >= 15 is 0 Å². The molecule has 126 valence electrons. The summed E-state index contributed by atoms with van der Waals surface area (Å²) in [6.07, 6.45) is 3.79. The van der Waals surface area contributed by atoms with Gasteiger partial charge in [-0.15, -0.1) is 0 Å². The van der Waals surface area contributed by atoms with Gasteiger partial charge in [-0.1, -0.05) is 11.6 Å². The van der Waals surface area contributed by atoms with E-state index in [0.717, 1.165) is 21.8 Å². The number of aromatic nitrogens is 2. The molecule has 0 amide bonds. The SMILES string of the molecule is Nc1cc(Cl)cc2c1[nH]c1c[nH+]ccc12.O=C([O-])C1COCCN1. The number of halogens is 1. The third kappa shape index (κ3) is 3.43. The van der Waals surface area contributed by atoms with Crippen LogP contribution >= 0.6 is 11.6 Å². The third-order valence-electron chi connectivity index (χ3n) is 3.75. The van der Waals surface area contributed by atoms with E-state index in [1.165, 1.54) is 0 Å². The molecule has 0 saturated carbocycles. The van der Waals surface area contributed by atoms with Crippen LogP contribution in [0.2, 0.25) is 5.02 Å². The zero-order chi connectivity index (χ0) is 17.1. The molecular weight excluding hydrogens is 332 g/mol. The second-order valence-electron chi connectivity index (χ2n) is 5.41. The second kappa shape index (κ2) is 7.04. The smallest absolute Gasteiger partial charge is 0.191 e. The minimum atomic E-state index is -1.09. The average Bonchev–Trinajstić information content (AvgIpc) is 2.95. The number of anilines is 1. The molecule has 1 fully saturated rings. The van der Waals surface area contributed by atoms with Crippen LogP contribution in [0.5, 0.6) is 0 Å². The van der Waals surface area contributed by atoms with Gasteiger partial charge in [-0.05, 0) is 12.1 Å². The number of aliphatic carboxylic acids is 1. The number of rotatable bonds is 1. The molecule has 1 saturated heterocycles. The van der Waals surface area contributed by atoms with Crippen LogP contribution < -0.4 is 21.1 Å². The summed E-state index contributed by atoms with van der Waals surface area (Å²) in [6, 6.07) is 5.07. The van der Waals surface area contributed by atoms with Crippen molar-refractivity contribution in [2.24, 2.45) is 0 Å². The number of carboxylic acid groups (broad SMARTS) is 1. The van der Waals surface area contributed by atoms with Crippen LogP contribution in [0.15, 0.2) is 30.6 Å². The van der Waals surface area contributed by atoms with Crippen LogP contribution in [-0.2, 0) is 9.53 Å². The standard InChI is InChI=1S/C11H8ClN3.C5H9NO3/c12-6-3-8-7-1-2-14-5-10(7)15-11(8)9(13)4-6;7-5(8)4-3-9-2-1-6-4/h1-5,15H,13H2;4,6H,1-3H2,(H,7,8). The molecule has 1 atom stereocenters. The predicted molar refractivity (Wildman–Crippen MR) is 89.4 cm³/mol. The van der Waals surface area contributed by atoms with Gasteiger partial charge in [0.05, 0.1) is 36.4 Å². The Hall–Kier alpha value is -2.35. The van der Waals surface area contributed by atoms with Gasteiger partial charge in [0.25, 0.3) is 0 Å². The Kier molecular flexibility index (Phi) is 4.84. The number of hydrogen-bond acceptors (Lipinski definition) is 5. The Bertz CT molecular complexity index is 874. The Balaban J connectivity index is 0.000000162. The molecule has 7 nitrogen and oxygen atoms in total. The topological polar surface area (TPSA) is 117 Å². The Morgan fingerprint density at radius 1 is 1.42 bits per heavy atom. The molecule has 24 heavy (non-hydrogen) atoms. The summed E-state index contributed by atoms with van der Waals surface area (Å²) in [5, 5.41) is 15.7. The van der Waals surface area contributed by atoms with Crippen molar-refractivity contribution in [2.75, 3.05) is 25.5 Å². The highest BCUT2D eigenvalue weighted by molar-refractivity contribution is 6.32. The third-order valence-corrected chi connectivity index (χ3v) is 3.97. The van der Waals surface area contributed by atoms with E-state index < -0.39 is 12.0 Å². The van der Waals surface area contributed by atoms with Gasteiger partial charge in [0.1, 0.15) is 5.52 Å². The Morgan fingerprint density at radius 2 is 2.25 bits per heavy atom. The van der Waals surface area contributed by atoms with E-state index in [1.807, 2.05) is 24.5 Å². The second-order valence-corrected chi connectivity index (χ2v) is 5.85. The van der Waals surface area contributed by atoms with Gasteiger partial charge >= 0.3 is 0 Å². The number of benzene rings is 1. The van der Waals surface area contributed by atoms with Gasteiger partial charge < -0.3 is 30.7 Å². The van der Waals surface area contributed by atoms with Crippen LogP contribution in [0.25, 0.3) is 21.8 Å². The van der Waals surface area contributed by atoms with E-state index in [-0.39, 0.29) is 6.61 Å². The summed E-state index contributed by atoms with van der Waals surface area (Å²) >= 11 is 5.98. The fourth-order valence-corrected chi connectivity index (χ4v) is 2.83. The number of morpholine rings is 1. The molecule has 3 heterocycles. The number of carbonyl (C=O) groups is 1. The molecule has 1 unspecified atom stereocenters. The van der Waals surface area contributed by atoms with E-state index in [0.29, 0.717) is 23.9 Å². The molecule has 5 N–H and O–H groups in total. The van der Waals surface area contributed by atoms with Crippen molar-refractivity contribution in [1.82, 2.24) is 10.3 Å². The monoisotopic (exact) mass is 348 g/mol. The minimum absolute atomic E-state index is 0.225. The number of nitrogen functional groups attached to an aromatic ring is 1. The maximum atomic E-state index is 10.1. The van der Waals surface area contributed by atoms with Crippen LogP contribution in [0.4, 0.5) is 5.69 Å². The van der Waals surface area contributed by atoms with E-state index in [2.05, 4.69) is 15.3 Å². The molecule has 0 spiro atoms. The van der Waals surface area contributed by atoms with Gasteiger partial charge in [-0.2, -0.15) is 0 Å². The summed E-state index contributed by atoms with van der Waals surface area (Å²) in [5.41, 5.74) is 8.54. The number of fused-ring (bicyclic) bond motifs is 3. The fourth-order valence-electron chi connectivity index (χ4n) is 2.60. The van der Waals surface area contributed by atoms with Gasteiger partial charge in [0, 0.05) is 28.4 Å². The number of aromatic amines is 2. The van der Waals surface area contributed by atoms with Crippen LogP contribution in [-0.4, -0.2) is 36.8 Å². The summed E-state index contributed by atoms with van der Waals surface area (Å²) < 4.78 is 4.86. The molecule has 1 aliphatic heterocycles. The first-order valence-electron chi connectivity index (χ1n) is 7.45. The quantitative estimate of drug-likeness (QED) is 0.539. The summed E-state index contributed by atoms with van der Waals surface area (Å²) in [7, 11) is 0. The molecule has 1 aromatic carbocycles. The average molecular weight is 349 g/mol. The molecule has 3 aromatic rings. The number of ether oxygens (including phenoxy) is 1. The summed E-state index contributed by atoms with van der Waals surface area (Å²) in [5.74, 6) is -1.09. The van der Waals surface area contributed by atoms with Crippen molar-refractivity contribution < 1.29 is 19.6 Å². The number of nitrogens with two attached hydrogens (primary N) is 1. The predicted octanol–water partition coefficient (Wildman–Crippen LogP) is 0.0955. The lowest BCUT2D eigenvalue weighted by molar-refractivity contribution is -0.376. The zero-order valence-electron chi connectivity index (χ0n) is 12.8. The Morgan fingerprint density at radius 3 is 2.92 bits per heavy atom. The number of carboxylic acids is 1. The molecular formula is C16H17ClN4O3. The van der Waals surface area contributed by atoms with Crippen molar-refractivity contribution in [2.45, 2.75) is 6.04 Å².